The first-order chi connectivity index (χ1) is 17.5. The predicted octanol–water partition coefficient (Wildman–Crippen LogP) is 4.82. The van der Waals surface area contributed by atoms with E-state index in [-0.39, 0.29) is 24.4 Å². The van der Waals surface area contributed by atoms with E-state index in [0.717, 1.165) is 18.4 Å². The normalized spacial score (nSPS) is 14.6. The van der Waals surface area contributed by atoms with Gasteiger partial charge in [0.1, 0.15) is 30.4 Å². The lowest BCUT2D eigenvalue weighted by Crippen LogP contribution is -2.48. The molecule has 4 rings (SSSR count). The van der Waals surface area contributed by atoms with Gasteiger partial charge in [-0.25, -0.2) is 0 Å². The van der Waals surface area contributed by atoms with Gasteiger partial charge in [-0.05, 0) is 66.2 Å². The van der Waals surface area contributed by atoms with Crippen molar-refractivity contribution in [3.8, 4) is 17.2 Å². The first-order valence-corrected chi connectivity index (χ1v) is 13.0. The van der Waals surface area contributed by atoms with Crippen LogP contribution in [0.15, 0.2) is 60.0 Å². The summed E-state index contributed by atoms with van der Waals surface area (Å²) < 4.78 is 16.6. The third-order valence-corrected chi connectivity index (χ3v) is 7.30. The molecule has 36 heavy (non-hydrogen) atoms. The Morgan fingerprint density at radius 2 is 1.78 bits per heavy atom. The van der Waals surface area contributed by atoms with Crippen molar-refractivity contribution in [2.75, 3.05) is 40.5 Å². The molecule has 2 heterocycles. The average molecular weight is 509 g/mol. The topological polar surface area (TPSA) is 68.3 Å². The Bertz CT molecular complexity index is 1180. The monoisotopic (exact) mass is 508 g/mol. The van der Waals surface area contributed by atoms with E-state index < -0.39 is 0 Å². The molecule has 190 valence electrons. The molecule has 1 unspecified atom stereocenters. The summed E-state index contributed by atoms with van der Waals surface area (Å²) in [4.78, 5) is 31.6. The van der Waals surface area contributed by atoms with Gasteiger partial charge in [0.05, 0.1) is 20.3 Å². The summed E-state index contributed by atoms with van der Waals surface area (Å²) in [7, 11) is 3.21. The van der Waals surface area contributed by atoms with Crippen molar-refractivity contribution in [3.63, 3.8) is 0 Å². The summed E-state index contributed by atoms with van der Waals surface area (Å²) in [6, 6.07) is 16.3. The second-order valence-electron chi connectivity index (χ2n) is 8.60. The maximum Gasteiger partial charge on any atom is 0.254 e. The average Bonchev–Trinajstić information content (AvgIpc) is 3.40. The minimum atomic E-state index is -0.224. The number of hydrogen-bond acceptors (Lipinski definition) is 6. The van der Waals surface area contributed by atoms with Gasteiger partial charge in [0.15, 0.2) is 0 Å². The van der Waals surface area contributed by atoms with Crippen LogP contribution < -0.4 is 14.2 Å². The Morgan fingerprint density at radius 1 is 1.03 bits per heavy atom. The molecule has 1 atom stereocenters. The van der Waals surface area contributed by atoms with Gasteiger partial charge in [-0.3, -0.25) is 9.59 Å². The molecule has 0 bridgehead atoms. The smallest absolute Gasteiger partial charge is 0.254 e. The molecule has 7 nitrogen and oxygen atoms in total. The van der Waals surface area contributed by atoms with Crippen LogP contribution in [0.3, 0.4) is 0 Å². The maximum absolute atomic E-state index is 13.6. The highest BCUT2D eigenvalue weighted by Gasteiger charge is 2.33. The molecule has 0 saturated heterocycles. The van der Waals surface area contributed by atoms with Crippen molar-refractivity contribution < 1.29 is 23.8 Å². The van der Waals surface area contributed by atoms with E-state index in [0.29, 0.717) is 42.5 Å². The summed E-state index contributed by atoms with van der Waals surface area (Å²) in [5.41, 5.74) is 1.65. The number of benzene rings is 2. The van der Waals surface area contributed by atoms with Gasteiger partial charge < -0.3 is 24.0 Å². The zero-order valence-corrected chi connectivity index (χ0v) is 21.8. The fourth-order valence-corrected chi connectivity index (χ4v) is 5.36. The first kappa shape index (κ1) is 25.6. The summed E-state index contributed by atoms with van der Waals surface area (Å²) in [6.07, 6.45) is 1.56. The van der Waals surface area contributed by atoms with E-state index in [1.54, 1.807) is 54.7 Å². The van der Waals surface area contributed by atoms with E-state index in [9.17, 15) is 9.59 Å². The van der Waals surface area contributed by atoms with Gasteiger partial charge in [-0.15, -0.1) is 11.3 Å². The summed E-state index contributed by atoms with van der Waals surface area (Å²) in [5.74, 6) is 1.84. The highest BCUT2D eigenvalue weighted by molar-refractivity contribution is 7.10. The number of nitrogens with zero attached hydrogens (tertiary/aromatic N) is 2. The van der Waals surface area contributed by atoms with Crippen LogP contribution in [0, 0.1) is 0 Å². The van der Waals surface area contributed by atoms with E-state index >= 15 is 0 Å². The highest BCUT2D eigenvalue weighted by atomic mass is 32.1. The fraction of sp³-hybridized carbons (Fsp3) is 0.357. The predicted molar refractivity (Wildman–Crippen MR) is 140 cm³/mol. The van der Waals surface area contributed by atoms with Gasteiger partial charge in [-0.1, -0.05) is 13.0 Å². The number of amides is 2. The zero-order chi connectivity index (χ0) is 25.5. The fourth-order valence-electron chi connectivity index (χ4n) is 4.43. The second-order valence-corrected chi connectivity index (χ2v) is 9.60. The molecule has 0 saturated carbocycles. The Balaban J connectivity index is 1.50. The molecular formula is C28H32N2O5S. The number of carbonyl (C=O) groups excluding carboxylic acids is 2. The number of methoxy groups -OCH3 is 2. The molecule has 0 radical (unpaired) electrons. The van der Waals surface area contributed by atoms with E-state index in [4.69, 9.17) is 14.2 Å². The largest absolute Gasteiger partial charge is 0.497 e. The number of fused-ring (bicyclic) bond motifs is 1. The molecule has 1 aliphatic rings. The first-order valence-electron chi connectivity index (χ1n) is 12.1. The van der Waals surface area contributed by atoms with Gasteiger partial charge in [0, 0.05) is 29.6 Å². The van der Waals surface area contributed by atoms with Crippen LogP contribution in [0.4, 0.5) is 0 Å². The molecule has 1 aliphatic heterocycles. The maximum atomic E-state index is 13.6. The highest BCUT2D eigenvalue weighted by Crippen LogP contribution is 2.34. The molecule has 2 amide bonds. The molecule has 0 fully saturated rings. The van der Waals surface area contributed by atoms with Crippen LogP contribution >= 0.6 is 11.3 Å². The number of ether oxygens (including phenoxy) is 3. The van der Waals surface area contributed by atoms with Crippen LogP contribution in [0.2, 0.25) is 0 Å². The van der Waals surface area contributed by atoms with Crippen molar-refractivity contribution in [2.45, 2.75) is 25.8 Å². The van der Waals surface area contributed by atoms with Crippen LogP contribution in [-0.4, -0.2) is 62.1 Å². The molecule has 2 aromatic carbocycles. The Hall–Kier alpha value is -3.52. The van der Waals surface area contributed by atoms with Gasteiger partial charge >= 0.3 is 0 Å². The minimum absolute atomic E-state index is 0.0217. The van der Waals surface area contributed by atoms with Gasteiger partial charge in [-0.2, -0.15) is 0 Å². The van der Waals surface area contributed by atoms with Crippen molar-refractivity contribution in [3.05, 3.63) is 76.0 Å². The second kappa shape index (κ2) is 11.9. The molecule has 1 aromatic heterocycles. The van der Waals surface area contributed by atoms with Gasteiger partial charge in [0.25, 0.3) is 5.91 Å². The summed E-state index contributed by atoms with van der Waals surface area (Å²) in [5, 5.41) is 2.06. The zero-order valence-electron chi connectivity index (χ0n) is 20.9. The lowest BCUT2D eigenvalue weighted by atomic mass is 10.0. The van der Waals surface area contributed by atoms with E-state index in [1.165, 1.54) is 4.88 Å². The third kappa shape index (κ3) is 5.82. The molecule has 0 N–H and O–H groups in total. The Morgan fingerprint density at radius 3 is 2.50 bits per heavy atom. The SMILES string of the molecule is CCCN(CC(=O)N1CCc2sccc2C1COc1cccc(OC)c1)C(=O)c1ccc(OC)cc1. The minimum Gasteiger partial charge on any atom is -0.497 e. The van der Waals surface area contributed by atoms with Crippen molar-refractivity contribution in [1.29, 1.82) is 0 Å². The van der Waals surface area contributed by atoms with Crippen LogP contribution in [0.1, 0.15) is 40.2 Å². The molecule has 8 heteroatoms. The number of carbonyl (C=O) groups is 2. The molecule has 0 spiro atoms. The van der Waals surface area contributed by atoms with Crippen LogP contribution in [-0.2, 0) is 11.2 Å². The van der Waals surface area contributed by atoms with E-state index in [2.05, 4.69) is 11.4 Å². The Kier molecular flexibility index (Phi) is 8.48. The quantitative estimate of drug-likeness (QED) is 0.393. The lowest BCUT2D eigenvalue weighted by molar-refractivity contribution is -0.135. The Labute approximate surface area is 216 Å². The van der Waals surface area contributed by atoms with Crippen molar-refractivity contribution >= 4 is 23.2 Å². The summed E-state index contributed by atoms with van der Waals surface area (Å²) in [6.45, 7) is 3.44. The van der Waals surface area contributed by atoms with Crippen molar-refractivity contribution in [1.82, 2.24) is 9.80 Å². The van der Waals surface area contributed by atoms with Crippen LogP contribution in [0.25, 0.3) is 0 Å². The molecular weight excluding hydrogens is 476 g/mol. The summed E-state index contributed by atoms with van der Waals surface area (Å²) >= 11 is 1.71. The number of rotatable bonds is 10. The number of hydrogen-bond donors (Lipinski definition) is 0. The van der Waals surface area contributed by atoms with Crippen molar-refractivity contribution in [2.24, 2.45) is 0 Å². The molecule has 0 aliphatic carbocycles. The number of thiophene rings is 1. The third-order valence-electron chi connectivity index (χ3n) is 6.31. The van der Waals surface area contributed by atoms with Gasteiger partial charge in [0.2, 0.25) is 5.91 Å². The molecule has 3 aromatic rings. The van der Waals surface area contributed by atoms with Crippen LogP contribution in [0.5, 0.6) is 17.2 Å². The standard InChI is InChI=1S/C28H32N2O5S/c1-4-14-29(28(32)20-8-10-21(33-2)11-9-20)18-27(31)30-15-12-26-24(13-16-36-26)25(30)19-35-23-7-5-6-22(17-23)34-3/h5-11,13,16-17,25H,4,12,14-15,18-19H2,1-3H3. The van der Waals surface area contributed by atoms with E-state index in [1.807, 2.05) is 36.1 Å². The lowest BCUT2D eigenvalue weighted by Gasteiger charge is -2.37.